The molecule has 0 spiro atoms. The van der Waals surface area contributed by atoms with E-state index in [0.717, 1.165) is 78.2 Å². The minimum Gasteiger partial charge on any atom is -0.456 e. The molecule has 9 aromatic carbocycles. The fourth-order valence-electron chi connectivity index (χ4n) is 8.30. The molecule has 0 fully saturated rings. The van der Waals surface area contributed by atoms with Gasteiger partial charge in [-0.05, 0) is 87.6 Å². The Morgan fingerprint density at radius 1 is 0.333 bits per heavy atom. The average Bonchev–Trinajstić information content (AvgIpc) is 3.71. The summed E-state index contributed by atoms with van der Waals surface area (Å²) in [6.45, 7) is 0. The maximum atomic E-state index is 6.72. The van der Waals surface area contributed by atoms with Crippen LogP contribution >= 0.6 is 0 Å². The number of furan rings is 1. The smallest absolute Gasteiger partial charge is 0.160 e. The Kier molecular flexibility index (Phi) is 8.79. The zero-order chi connectivity index (χ0) is 39.8. The van der Waals surface area contributed by atoms with E-state index in [1.165, 1.54) is 21.9 Å². The summed E-state index contributed by atoms with van der Waals surface area (Å²) in [5.41, 5.74) is 14.2. The highest BCUT2D eigenvalue weighted by Crippen LogP contribution is 2.43. The van der Waals surface area contributed by atoms with E-state index in [1.54, 1.807) is 0 Å². The molecule has 0 aliphatic rings. The summed E-state index contributed by atoms with van der Waals surface area (Å²) in [4.78, 5) is 12.4. The van der Waals surface area contributed by atoms with E-state index in [-0.39, 0.29) is 0 Å². The van der Waals surface area contributed by atoms with Gasteiger partial charge >= 0.3 is 0 Å². The van der Waals surface area contributed by atoms with Crippen LogP contribution in [0.15, 0.2) is 229 Å². The van der Waals surface area contributed by atoms with Crippen LogP contribution in [-0.4, -0.2) is 9.97 Å². The molecule has 11 aromatic rings. The Balaban J connectivity index is 1.01. The van der Waals surface area contributed by atoms with Crippen molar-refractivity contribution in [1.82, 2.24) is 9.97 Å². The minimum atomic E-state index is 0.695. The van der Waals surface area contributed by atoms with Gasteiger partial charge in [0.05, 0.1) is 11.4 Å². The third-order valence-electron chi connectivity index (χ3n) is 11.3. The van der Waals surface area contributed by atoms with Crippen molar-refractivity contribution in [1.29, 1.82) is 0 Å². The van der Waals surface area contributed by atoms with Gasteiger partial charge in [-0.2, -0.15) is 0 Å². The van der Waals surface area contributed by atoms with Gasteiger partial charge in [-0.25, -0.2) is 9.97 Å². The molecule has 2 heterocycles. The van der Waals surface area contributed by atoms with Crippen molar-refractivity contribution >= 4 is 49.8 Å². The van der Waals surface area contributed by atoms with Crippen molar-refractivity contribution < 1.29 is 4.42 Å². The predicted molar refractivity (Wildman–Crippen MR) is 249 cm³/mol. The predicted octanol–water partition coefficient (Wildman–Crippen LogP) is 15.3. The first kappa shape index (κ1) is 35.1. The highest BCUT2D eigenvalue weighted by Gasteiger charge is 2.19. The van der Waals surface area contributed by atoms with Crippen LogP contribution in [0.25, 0.3) is 88.9 Å². The van der Waals surface area contributed by atoms with Crippen LogP contribution in [0.1, 0.15) is 0 Å². The Morgan fingerprint density at radius 3 is 1.67 bits per heavy atom. The molecule has 0 atom stereocenters. The standard InChI is InChI=1S/C56H37N3O/c1-4-14-38(15-5-1)40-26-29-46(30-27-40)59(47-31-28-39-16-10-11-21-43(39)35-47)48-32-33-50-54(36-48)60-53-25-13-24-49(55(50)53)44-22-12-23-45(34-44)52-37-51(41-17-6-2-7-18-41)57-56(58-52)42-19-8-3-9-20-42/h1-37H. The molecule has 4 nitrogen and oxygen atoms in total. The minimum absolute atomic E-state index is 0.695. The van der Waals surface area contributed by atoms with Gasteiger partial charge in [0.1, 0.15) is 11.2 Å². The van der Waals surface area contributed by atoms with E-state index < -0.39 is 0 Å². The molecular formula is C56H37N3O. The summed E-state index contributed by atoms with van der Waals surface area (Å²) in [6.07, 6.45) is 0. The number of nitrogens with zero attached hydrogens (tertiary/aromatic N) is 3. The monoisotopic (exact) mass is 767 g/mol. The molecule has 0 amide bonds. The van der Waals surface area contributed by atoms with Gasteiger partial charge in [0.2, 0.25) is 0 Å². The fraction of sp³-hybridized carbons (Fsp3) is 0. The number of hydrogen-bond donors (Lipinski definition) is 0. The van der Waals surface area contributed by atoms with Crippen LogP contribution in [0.5, 0.6) is 0 Å². The Hall–Kier alpha value is -8.08. The van der Waals surface area contributed by atoms with Gasteiger partial charge in [0.15, 0.2) is 5.82 Å². The fourth-order valence-corrected chi connectivity index (χ4v) is 8.30. The Labute approximate surface area is 348 Å². The quantitative estimate of drug-likeness (QED) is 0.154. The van der Waals surface area contributed by atoms with E-state index in [0.29, 0.717) is 5.82 Å². The van der Waals surface area contributed by atoms with Gasteiger partial charge in [-0.15, -0.1) is 0 Å². The molecule has 60 heavy (non-hydrogen) atoms. The SMILES string of the molecule is c1ccc(-c2ccc(N(c3ccc4ccccc4c3)c3ccc4c(c3)oc3cccc(-c5cccc(-c6cc(-c7ccccc7)nc(-c7ccccc7)n6)c5)c34)cc2)cc1. The van der Waals surface area contributed by atoms with Gasteiger partial charge in [-0.3, -0.25) is 0 Å². The van der Waals surface area contributed by atoms with Gasteiger partial charge < -0.3 is 9.32 Å². The number of hydrogen-bond acceptors (Lipinski definition) is 4. The first-order valence-corrected chi connectivity index (χ1v) is 20.2. The maximum absolute atomic E-state index is 6.72. The van der Waals surface area contributed by atoms with E-state index in [1.807, 2.05) is 36.4 Å². The Bertz CT molecular complexity index is 3250. The van der Waals surface area contributed by atoms with Crippen molar-refractivity contribution in [2.45, 2.75) is 0 Å². The molecule has 11 rings (SSSR count). The molecule has 0 N–H and O–H groups in total. The van der Waals surface area contributed by atoms with Crippen LogP contribution in [-0.2, 0) is 0 Å². The second-order valence-electron chi connectivity index (χ2n) is 15.0. The van der Waals surface area contributed by atoms with Crippen LogP contribution in [0.3, 0.4) is 0 Å². The van der Waals surface area contributed by atoms with E-state index in [2.05, 4.69) is 193 Å². The molecule has 282 valence electrons. The lowest BCUT2D eigenvalue weighted by Gasteiger charge is -2.26. The van der Waals surface area contributed by atoms with Gasteiger partial charge in [0.25, 0.3) is 0 Å². The van der Waals surface area contributed by atoms with Crippen molar-refractivity contribution in [3.8, 4) is 56.2 Å². The molecule has 0 unspecified atom stereocenters. The van der Waals surface area contributed by atoms with Gasteiger partial charge in [0, 0.05) is 50.6 Å². The number of fused-ring (bicyclic) bond motifs is 4. The summed E-state index contributed by atoms with van der Waals surface area (Å²) in [5.74, 6) is 0.695. The maximum Gasteiger partial charge on any atom is 0.160 e. The van der Waals surface area contributed by atoms with E-state index >= 15 is 0 Å². The third kappa shape index (κ3) is 6.56. The molecule has 0 saturated heterocycles. The van der Waals surface area contributed by atoms with E-state index in [4.69, 9.17) is 14.4 Å². The lowest BCUT2D eigenvalue weighted by molar-refractivity contribution is 0.669. The Morgan fingerprint density at radius 2 is 0.900 bits per heavy atom. The largest absolute Gasteiger partial charge is 0.456 e. The molecule has 0 aliphatic heterocycles. The van der Waals surface area contributed by atoms with Crippen molar-refractivity contribution in [3.05, 3.63) is 224 Å². The highest BCUT2D eigenvalue weighted by atomic mass is 16.3. The second-order valence-corrected chi connectivity index (χ2v) is 15.0. The van der Waals surface area contributed by atoms with Crippen molar-refractivity contribution in [3.63, 3.8) is 0 Å². The molecule has 0 saturated carbocycles. The van der Waals surface area contributed by atoms with Crippen LogP contribution in [0.2, 0.25) is 0 Å². The summed E-state index contributed by atoms with van der Waals surface area (Å²) >= 11 is 0. The summed E-state index contributed by atoms with van der Waals surface area (Å²) in [6, 6.07) is 78.6. The van der Waals surface area contributed by atoms with Gasteiger partial charge in [-0.1, -0.05) is 164 Å². The summed E-state index contributed by atoms with van der Waals surface area (Å²) < 4.78 is 6.72. The normalized spacial score (nSPS) is 11.3. The molecule has 0 bridgehead atoms. The number of aromatic nitrogens is 2. The molecular weight excluding hydrogens is 731 g/mol. The first-order valence-electron chi connectivity index (χ1n) is 20.2. The number of anilines is 3. The topological polar surface area (TPSA) is 42.2 Å². The number of benzene rings is 9. The molecule has 0 aliphatic carbocycles. The zero-order valence-electron chi connectivity index (χ0n) is 32.6. The van der Waals surface area contributed by atoms with Crippen LogP contribution < -0.4 is 4.90 Å². The lowest BCUT2D eigenvalue weighted by atomic mass is 9.96. The highest BCUT2D eigenvalue weighted by molar-refractivity contribution is 6.13. The molecule has 4 heteroatoms. The first-order chi connectivity index (χ1) is 29.7. The number of rotatable bonds is 8. The molecule has 0 radical (unpaired) electrons. The van der Waals surface area contributed by atoms with Crippen molar-refractivity contribution in [2.24, 2.45) is 0 Å². The summed E-state index contributed by atoms with van der Waals surface area (Å²) in [5, 5.41) is 4.54. The third-order valence-corrected chi connectivity index (χ3v) is 11.3. The van der Waals surface area contributed by atoms with Crippen molar-refractivity contribution in [2.75, 3.05) is 4.90 Å². The van der Waals surface area contributed by atoms with E-state index in [9.17, 15) is 0 Å². The second kappa shape index (κ2) is 15.0. The molecule has 2 aromatic heterocycles. The van der Waals surface area contributed by atoms with Crippen LogP contribution in [0.4, 0.5) is 17.1 Å². The average molecular weight is 768 g/mol. The van der Waals surface area contributed by atoms with Crippen LogP contribution in [0, 0.1) is 0 Å². The lowest BCUT2D eigenvalue weighted by Crippen LogP contribution is -2.09. The zero-order valence-corrected chi connectivity index (χ0v) is 32.6. The summed E-state index contributed by atoms with van der Waals surface area (Å²) in [7, 11) is 0.